The second kappa shape index (κ2) is 3.97. The molecule has 0 aromatic rings. The summed E-state index contributed by atoms with van der Waals surface area (Å²) in [7, 11) is 2.29. The van der Waals surface area contributed by atoms with Gasteiger partial charge in [0.1, 0.15) is 0 Å². The Bertz CT molecular complexity index is 159. The molecule has 0 aromatic carbocycles. The third-order valence-corrected chi connectivity index (χ3v) is 3.71. The van der Waals surface area contributed by atoms with Gasteiger partial charge in [-0.2, -0.15) is 0 Å². The van der Waals surface area contributed by atoms with Crippen LogP contribution in [0.25, 0.3) is 0 Å². The molecule has 1 N–H and O–H groups in total. The summed E-state index contributed by atoms with van der Waals surface area (Å²) in [6, 6.07) is 0.820. The summed E-state index contributed by atoms with van der Waals surface area (Å²) >= 11 is 0. The average Bonchev–Trinajstić information content (AvgIpc) is 2.85. The van der Waals surface area contributed by atoms with Crippen LogP contribution in [0.15, 0.2) is 0 Å². The van der Waals surface area contributed by atoms with Crippen molar-refractivity contribution in [3.63, 3.8) is 0 Å². The molecule has 13 heavy (non-hydrogen) atoms. The minimum absolute atomic E-state index is 0.820. The summed E-state index contributed by atoms with van der Waals surface area (Å²) < 4.78 is 0. The summed E-state index contributed by atoms with van der Waals surface area (Å²) in [6.45, 7) is 6.16. The first-order valence-corrected chi connectivity index (χ1v) is 5.68. The second-order valence-electron chi connectivity index (χ2n) is 4.88. The minimum atomic E-state index is 0.820. The zero-order valence-electron chi connectivity index (χ0n) is 8.92. The van der Waals surface area contributed by atoms with Crippen molar-refractivity contribution in [2.24, 2.45) is 11.8 Å². The first-order chi connectivity index (χ1) is 6.27. The highest BCUT2D eigenvalue weighted by Gasteiger charge is 2.31. The normalized spacial score (nSPS) is 31.2. The van der Waals surface area contributed by atoms with Crippen LogP contribution in [0.2, 0.25) is 0 Å². The van der Waals surface area contributed by atoms with Crippen molar-refractivity contribution in [2.75, 3.05) is 26.7 Å². The molecule has 1 aliphatic carbocycles. The molecule has 2 unspecified atom stereocenters. The molecule has 1 saturated carbocycles. The third-order valence-electron chi connectivity index (χ3n) is 3.71. The van der Waals surface area contributed by atoms with Gasteiger partial charge in [-0.25, -0.2) is 0 Å². The lowest BCUT2D eigenvalue weighted by molar-refractivity contribution is 0.205. The van der Waals surface area contributed by atoms with Gasteiger partial charge in [-0.05, 0) is 58.2 Å². The molecule has 1 saturated heterocycles. The highest BCUT2D eigenvalue weighted by Crippen LogP contribution is 2.34. The second-order valence-corrected chi connectivity index (χ2v) is 4.88. The maximum absolute atomic E-state index is 3.43. The van der Waals surface area contributed by atoms with Crippen molar-refractivity contribution < 1.29 is 0 Å². The Morgan fingerprint density at radius 3 is 2.69 bits per heavy atom. The smallest absolute Gasteiger partial charge is 0.00922 e. The molecule has 2 heteroatoms. The topological polar surface area (TPSA) is 15.3 Å². The van der Waals surface area contributed by atoms with Crippen LogP contribution in [-0.4, -0.2) is 37.6 Å². The van der Waals surface area contributed by atoms with Crippen LogP contribution in [0, 0.1) is 11.8 Å². The molecule has 1 heterocycles. The first-order valence-electron chi connectivity index (χ1n) is 5.68. The molecule has 2 rings (SSSR count). The molecule has 2 fully saturated rings. The van der Waals surface area contributed by atoms with Gasteiger partial charge in [-0.15, -0.1) is 0 Å². The lowest BCUT2D eigenvalue weighted by Gasteiger charge is -2.27. The molecule has 2 atom stereocenters. The van der Waals surface area contributed by atoms with Gasteiger partial charge in [0.05, 0.1) is 0 Å². The molecule has 2 nitrogen and oxygen atoms in total. The Balaban J connectivity index is 1.72. The standard InChI is InChI=1S/C11H22N2/c1-9(11-3-4-11)13(2)8-10-5-6-12-7-10/h9-12H,3-8H2,1-2H3. The van der Waals surface area contributed by atoms with Gasteiger partial charge in [-0.1, -0.05) is 0 Å². The van der Waals surface area contributed by atoms with E-state index >= 15 is 0 Å². The number of rotatable bonds is 4. The van der Waals surface area contributed by atoms with Crippen LogP contribution in [0.1, 0.15) is 26.2 Å². The van der Waals surface area contributed by atoms with Crippen molar-refractivity contribution >= 4 is 0 Å². The maximum atomic E-state index is 3.43. The van der Waals surface area contributed by atoms with Crippen LogP contribution < -0.4 is 5.32 Å². The van der Waals surface area contributed by atoms with Crippen LogP contribution >= 0.6 is 0 Å². The average molecular weight is 182 g/mol. The Morgan fingerprint density at radius 1 is 1.38 bits per heavy atom. The molecular formula is C11H22N2. The predicted octanol–water partition coefficient (Wildman–Crippen LogP) is 1.33. The number of nitrogens with one attached hydrogen (secondary N) is 1. The van der Waals surface area contributed by atoms with Crippen molar-refractivity contribution in [2.45, 2.75) is 32.2 Å². The zero-order chi connectivity index (χ0) is 9.26. The molecular weight excluding hydrogens is 160 g/mol. The van der Waals surface area contributed by atoms with Crippen molar-refractivity contribution in [1.82, 2.24) is 10.2 Å². The summed E-state index contributed by atoms with van der Waals surface area (Å²) in [5.41, 5.74) is 0. The van der Waals surface area contributed by atoms with E-state index in [-0.39, 0.29) is 0 Å². The van der Waals surface area contributed by atoms with Gasteiger partial charge >= 0.3 is 0 Å². The monoisotopic (exact) mass is 182 g/mol. The molecule has 0 aromatic heterocycles. The van der Waals surface area contributed by atoms with Crippen molar-refractivity contribution in [3.05, 3.63) is 0 Å². The van der Waals surface area contributed by atoms with E-state index in [2.05, 4.69) is 24.2 Å². The molecule has 0 amide bonds. The lowest BCUT2D eigenvalue weighted by atomic mass is 10.1. The van der Waals surface area contributed by atoms with Crippen LogP contribution in [-0.2, 0) is 0 Å². The van der Waals surface area contributed by atoms with E-state index in [0.717, 1.165) is 17.9 Å². The number of hydrogen-bond donors (Lipinski definition) is 1. The third kappa shape index (κ3) is 2.44. The van der Waals surface area contributed by atoms with E-state index in [0.29, 0.717) is 0 Å². The van der Waals surface area contributed by atoms with E-state index < -0.39 is 0 Å². The quantitative estimate of drug-likeness (QED) is 0.705. The SMILES string of the molecule is CC(C1CC1)N(C)CC1CCNC1. The molecule has 0 radical (unpaired) electrons. The van der Waals surface area contributed by atoms with E-state index in [9.17, 15) is 0 Å². The summed E-state index contributed by atoms with van der Waals surface area (Å²) in [6.07, 6.45) is 4.31. The predicted molar refractivity (Wildman–Crippen MR) is 55.8 cm³/mol. The van der Waals surface area contributed by atoms with Gasteiger partial charge in [0.15, 0.2) is 0 Å². The van der Waals surface area contributed by atoms with E-state index in [1.54, 1.807) is 0 Å². The molecule has 0 bridgehead atoms. The van der Waals surface area contributed by atoms with Gasteiger partial charge in [0, 0.05) is 12.6 Å². The van der Waals surface area contributed by atoms with Crippen molar-refractivity contribution in [1.29, 1.82) is 0 Å². The highest BCUT2D eigenvalue weighted by molar-refractivity contribution is 4.85. The number of nitrogens with zero attached hydrogens (tertiary/aromatic N) is 1. The Hall–Kier alpha value is -0.0800. The van der Waals surface area contributed by atoms with E-state index in [4.69, 9.17) is 0 Å². The van der Waals surface area contributed by atoms with Crippen LogP contribution in [0.4, 0.5) is 0 Å². The summed E-state index contributed by atoms with van der Waals surface area (Å²) in [5.74, 6) is 1.92. The maximum Gasteiger partial charge on any atom is 0.00922 e. The highest BCUT2D eigenvalue weighted by atomic mass is 15.1. The van der Waals surface area contributed by atoms with Gasteiger partial charge in [0.25, 0.3) is 0 Å². The van der Waals surface area contributed by atoms with Crippen LogP contribution in [0.3, 0.4) is 0 Å². The summed E-state index contributed by atoms with van der Waals surface area (Å²) in [4.78, 5) is 2.56. The zero-order valence-corrected chi connectivity index (χ0v) is 8.92. The Labute approximate surface area is 81.7 Å². The van der Waals surface area contributed by atoms with E-state index in [1.807, 2.05) is 0 Å². The lowest BCUT2D eigenvalue weighted by Crippen LogP contribution is -2.35. The van der Waals surface area contributed by atoms with Gasteiger partial charge in [0.2, 0.25) is 0 Å². The minimum Gasteiger partial charge on any atom is -0.316 e. The molecule has 2 aliphatic rings. The molecule has 76 valence electrons. The first kappa shape index (κ1) is 9.47. The van der Waals surface area contributed by atoms with Crippen molar-refractivity contribution in [3.8, 4) is 0 Å². The van der Waals surface area contributed by atoms with Gasteiger partial charge in [-0.3, -0.25) is 0 Å². The fourth-order valence-corrected chi connectivity index (χ4v) is 2.38. The largest absolute Gasteiger partial charge is 0.316 e. The fourth-order valence-electron chi connectivity index (χ4n) is 2.38. The van der Waals surface area contributed by atoms with E-state index in [1.165, 1.54) is 38.9 Å². The van der Waals surface area contributed by atoms with Gasteiger partial charge < -0.3 is 10.2 Å². The molecule has 0 spiro atoms. The Morgan fingerprint density at radius 2 is 2.15 bits per heavy atom. The molecule has 1 aliphatic heterocycles. The van der Waals surface area contributed by atoms with Crippen LogP contribution in [0.5, 0.6) is 0 Å². The summed E-state index contributed by atoms with van der Waals surface area (Å²) in [5, 5.41) is 3.43. The Kier molecular flexibility index (Phi) is 2.89. The fraction of sp³-hybridized carbons (Fsp3) is 1.00. The number of hydrogen-bond acceptors (Lipinski definition) is 2.